The summed E-state index contributed by atoms with van der Waals surface area (Å²) in [7, 11) is 1.56. The third kappa shape index (κ3) is 3.32. The summed E-state index contributed by atoms with van der Waals surface area (Å²) in [5, 5.41) is 14.9. The summed E-state index contributed by atoms with van der Waals surface area (Å²) in [6.45, 7) is 4.23. The third-order valence-electron chi connectivity index (χ3n) is 7.13. The average molecular weight is 430 g/mol. The maximum atomic E-state index is 13.6. The minimum absolute atomic E-state index is 0.0231. The zero-order valence-electron chi connectivity index (χ0n) is 18.3. The molecule has 3 heterocycles. The van der Waals surface area contributed by atoms with Gasteiger partial charge in [0.2, 0.25) is 17.7 Å². The Morgan fingerprint density at radius 3 is 2.58 bits per heavy atom. The number of aliphatic hydroxyl groups excluding tert-OH is 1. The van der Waals surface area contributed by atoms with Crippen LogP contribution in [0.1, 0.15) is 36.8 Å². The molecule has 3 N–H and O–H groups in total. The van der Waals surface area contributed by atoms with Gasteiger partial charge in [-0.1, -0.05) is 18.2 Å². The molecule has 3 fully saturated rings. The van der Waals surface area contributed by atoms with Gasteiger partial charge in [0, 0.05) is 25.9 Å². The van der Waals surface area contributed by atoms with E-state index >= 15 is 0 Å². The minimum atomic E-state index is -0.987. The molecule has 3 saturated heterocycles. The monoisotopic (exact) mass is 429 g/mol. The smallest absolute Gasteiger partial charge is 0.250 e. The van der Waals surface area contributed by atoms with Crippen LogP contribution in [-0.4, -0.2) is 65.7 Å². The van der Waals surface area contributed by atoms with Crippen molar-refractivity contribution in [2.75, 3.05) is 25.5 Å². The fourth-order valence-electron chi connectivity index (χ4n) is 5.76. The van der Waals surface area contributed by atoms with Crippen molar-refractivity contribution in [1.29, 1.82) is 0 Å². The predicted octanol–water partition coefficient (Wildman–Crippen LogP) is 1.14. The molecule has 0 aliphatic carbocycles. The first-order valence-electron chi connectivity index (χ1n) is 11.0. The van der Waals surface area contributed by atoms with E-state index in [0.29, 0.717) is 32.2 Å². The highest BCUT2D eigenvalue weighted by Crippen LogP contribution is 2.58. The molecule has 0 radical (unpaired) electrons. The third-order valence-corrected chi connectivity index (χ3v) is 7.13. The van der Waals surface area contributed by atoms with Crippen molar-refractivity contribution in [3.63, 3.8) is 0 Å². The second-order valence-electron chi connectivity index (χ2n) is 8.89. The van der Waals surface area contributed by atoms with Gasteiger partial charge in [0.25, 0.3) is 0 Å². The van der Waals surface area contributed by atoms with Crippen LogP contribution in [0.5, 0.6) is 0 Å². The lowest BCUT2D eigenvalue weighted by atomic mass is 9.70. The first-order chi connectivity index (χ1) is 14.9. The molecule has 4 rings (SSSR count). The van der Waals surface area contributed by atoms with Gasteiger partial charge in [-0.25, -0.2) is 0 Å². The summed E-state index contributed by atoms with van der Waals surface area (Å²) in [5.74, 6) is -1.93. The number of rotatable bonds is 7. The van der Waals surface area contributed by atoms with Crippen molar-refractivity contribution < 1.29 is 24.2 Å². The predicted molar refractivity (Wildman–Crippen MR) is 114 cm³/mol. The lowest BCUT2D eigenvalue weighted by molar-refractivity contribution is -0.140. The van der Waals surface area contributed by atoms with E-state index in [9.17, 15) is 19.5 Å². The van der Waals surface area contributed by atoms with E-state index in [1.165, 1.54) is 0 Å². The summed E-state index contributed by atoms with van der Waals surface area (Å²) in [5.41, 5.74) is 1.64. The number of fused-ring (bicyclic) bond motifs is 1. The van der Waals surface area contributed by atoms with Crippen LogP contribution in [0.4, 0.5) is 5.69 Å². The van der Waals surface area contributed by atoms with Crippen molar-refractivity contribution in [3.8, 4) is 0 Å². The van der Waals surface area contributed by atoms with Gasteiger partial charge in [0.1, 0.15) is 11.6 Å². The number of para-hydroxylation sites is 1. The molecule has 8 heteroatoms. The molecular formula is C23H31N3O5. The summed E-state index contributed by atoms with van der Waals surface area (Å²) >= 11 is 0. The molecule has 2 bridgehead atoms. The Hall–Kier alpha value is -2.45. The summed E-state index contributed by atoms with van der Waals surface area (Å²) in [6.07, 6.45) is 1.99. The van der Waals surface area contributed by atoms with Crippen molar-refractivity contribution in [3.05, 3.63) is 29.3 Å². The molecule has 0 aromatic heterocycles. The van der Waals surface area contributed by atoms with Crippen LogP contribution in [0, 0.1) is 25.7 Å². The number of carbonyl (C=O) groups excluding carboxylic acids is 3. The van der Waals surface area contributed by atoms with Crippen molar-refractivity contribution in [1.82, 2.24) is 10.2 Å². The maximum Gasteiger partial charge on any atom is 0.250 e. The van der Waals surface area contributed by atoms with Crippen LogP contribution in [0.25, 0.3) is 0 Å². The number of carbonyl (C=O) groups is 3. The Bertz CT molecular complexity index is 883. The Morgan fingerprint density at radius 1 is 1.23 bits per heavy atom. The van der Waals surface area contributed by atoms with E-state index in [0.717, 1.165) is 16.8 Å². The number of nitrogens with zero attached hydrogens (tertiary/aromatic N) is 1. The number of ether oxygens (including phenoxy) is 1. The quantitative estimate of drug-likeness (QED) is 0.564. The van der Waals surface area contributed by atoms with E-state index in [2.05, 4.69) is 10.6 Å². The van der Waals surface area contributed by atoms with Gasteiger partial charge >= 0.3 is 0 Å². The van der Waals surface area contributed by atoms with E-state index in [1.54, 1.807) is 11.9 Å². The topological polar surface area (TPSA) is 108 Å². The molecular weight excluding hydrogens is 398 g/mol. The molecule has 3 aliphatic heterocycles. The lowest BCUT2D eigenvalue weighted by Gasteiger charge is -2.33. The number of likely N-dealkylation sites (tertiary alicyclic amines) is 1. The first-order valence-corrected chi connectivity index (χ1v) is 11.0. The standard InChI is InChI=1S/C23H31N3O5/c1-13-7-6-8-14(2)18(13)25-21(29)19-23-10-9-15(31-23)16(20(28)24-3)17(23)22(30)26(19)11-4-5-12-27/h6-8,15-17,19,27H,4-5,9-12H2,1-3H3,(H,24,28)(H,25,29)/t15-,16+,17-,19?,23?/m0/s1. The molecule has 168 valence electrons. The maximum absolute atomic E-state index is 13.6. The molecule has 1 aromatic rings. The lowest BCUT2D eigenvalue weighted by Crippen LogP contribution is -2.53. The van der Waals surface area contributed by atoms with Crippen LogP contribution in [-0.2, 0) is 19.1 Å². The van der Waals surface area contributed by atoms with E-state index in [1.807, 2.05) is 32.0 Å². The average Bonchev–Trinajstić information content (AvgIpc) is 3.38. The second kappa shape index (κ2) is 8.24. The van der Waals surface area contributed by atoms with E-state index < -0.39 is 23.5 Å². The number of hydrogen-bond donors (Lipinski definition) is 3. The van der Waals surface area contributed by atoms with E-state index in [4.69, 9.17) is 4.74 Å². The van der Waals surface area contributed by atoms with Gasteiger partial charge in [0.15, 0.2) is 0 Å². The van der Waals surface area contributed by atoms with Crippen molar-refractivity contribution >= 4 is 23.4 Å². The molecule has 3 aliphatic rings. The Balaban J connectivity index is 1.70. The number of amides is 3. The number of nitrogens with one attached hydrogen (secondary N) is 2. The van der Waals surface area contributed by atoms with Gasteiger partial charge in [-0.2, -0.15) is 0 Å². The van der Waals surface area contributed by atoms with Gasteiger partial charge in [-0.15, -0.1) is 0 Å². The Morgan fingerprint density at radius 2 is 1.94 bits per heavy atom. The molecule has 8 nitrogen and oxygen atoms in total. The zero-order chi connectivity index (χ0) is 22.3. The van der Waals surface area contributed by atoms with Crippen LogP contribution >= 0.6 is 0 Å². The Labute approximate surface area is 182 Å². The second-order valence-corrected chi connectivity index (χ2v) is 8.89. The molecule has 3 amide bonds. The SMILES string of the molecule is CNC(=O)[C@@H]1[C@@H]2CCC3(O2)C(C(=O)Nc2c(C)cccc2C)N(CCCCO)C(=O)[C@H]13. The van der Waals surface area contributed by atoms with Gasteiger partial charge in [0.05, 0.1) is 17.9 Å². The largest absolute Gasteiger partial charge is 0.396 e. The van der Waals surface area contributed by atoms with Crippen LogP contribution in [0.15, 0.2) is 18.2 Å². The summed E-state index contributed by atoms with van der Waals surface area (Å²) in [4.78, 5) is 41.4. The molecule has 1 spiro atoms. The summed E-state index contributed by atoms with van der Waals surface area (Å²) in [6, 6.07) is 5.00. The van der Waals surface area contributed by atoms with Crippen LogP contribution in [0.2, 0.25) is 0 Å². The number of benzene rings is 1. The van der Waals surface area contributed by atoms with Crippen molar-refractivity contribution in [2.45, 2.75) is 57.3 Å². The van der Waals surface area contributed by atoms with Gasteiger partial charge < -0.3 is 25.4 Å². The fourth-order valence-corrected chi connectivity index (χ4v) is 5.76. The molecule has 5 atom stereocenters. The van der Waals surface area contributed by atoms with Crippen molar-refractivity contribution in [2.24, 2.45) is 11.8 Å². The number of unbranched alkanes of at least 4 members (excludes halogenated alkanes) is 1. The fraction of sp³-hybridized carbons (Fsp3) is 0.609. The number of aryl methyl sites for hydroxylation is 2. The molecule has 31 heavy (non-hydrogen) atoms. The van der Waals surface area contributed by atoms with E-state index in [-0.39, 0.29) is 30.4 Å². The number of anilines is 1. The van der Waals surface area contributed by atoms with Crippen LogP contribution < -0.4 is 10.6 Å². The highest BCUT2D eigenvalue weighted by Gasteiger charge is 2.74. The van der Waals surface area contributed by atoms with Gasteiger partial charge in [-0.3, -0.25) is 14.4 Å². The number of aliphatic hydroxyl groups is 1. The molecule has 1 aromatic carbocycles. The van der Waals surface area contributed by atoms with Gasteiger partial charge in [-0.05, 0) is 50.7 Å². The first kappa shape index (κ1) is 21.8. The molecule has 2 unspecified atom stereocenters. The zero-order valence-corrected chi connectivity index (χ0v) is 18.3. The highest BCUT2D eigenvalue weighted by atomic mass is 16.5. The highest BCUT2D eigenvalue weighted by molar-refractivity contribution is 6.04. The molecule has 0 saturated carbocycles. The number of hydrogen-bond acceptors (Lipinski definition) is 5. The minimum Gasteiger partial charge on any atom is -0.396 e. The van der Waals surface area contributed by atoms with Crippen LogP contribution in [0.3, 0.4) is 0 Å². The normalized spacial score (nSPS) is 31.1. The Kier molecular flexibility index (Phi) is 5.79. The summed E-state index contributed by atoms with van der Waals surface area (Å²) < 4.78 is 6.32.